The second kappa shape index (κ2) is 6.18. The first-order valence-corrected chi connectivity index (χ1v) is 9.84. The van der Waals surface area contributed by atoms with Gasteiger partial charge in [0.1, 0.15) is 0 Å². The fourth-order valence-electron chi connectivity index (χ4n) is 0.891. The Bertz CT molecular complexity index is 286. The third-order valence-corrected chi connectivity index (χ3v) is 1.66. The average molecular weight is 274 g/mol. The molecule has 0 fully saturated rings. The van der Waals surface area contributed by atoms with Gasteiger partial charge in [-0.25, -0.2) is 0 Å². The van der Waals surface area contributed by atoms with E-state index in [0.29, 0.717) is 0 Å². The molecule has 0 N–H and O–H groups in total. The molecule has 0 atom stereocenters. The summed E-state index contributed by atoms with van der Waals surface area (Å²) < 4.78 is 0. The van der Waals surface area contributed by atoms with Crippen molar-refractivity contribution in [2.75, 3.05) is 6.66 Å². The van der Waals surface area contributed by atoms with E-state index >= 15 is 0 Å². The summed E-state index contributed by atoms with van der Waals surface area (Å²) in [4.78, 5) is 0. The summed E-state index contributed by atoms with van der Waals surface area (Å²) in [5, 5.41) is -2.19. The molecular formula is C10H16Cl3P. The zero-order chi connectivity index (χ0) is 11.4. The molecule has 1 aromatic carbocycles. The van der Waals surface area contributed by atoms with Crippen molar-refractivity contribution in [3.8, 4) is 0 Å². The van der Waals surface area contributed by atoms with E-state index < -0.39 is 5.32 Å². The monoisotopic (exact) mass is 272 g/mol. The van der Waals surface area contributed by atoms with Gasteiger partial charge in [-0.05, 0) is 31.9 Å². The normalized spacial score (nSPS) is 11.6. The van der Waals surface area contributed by atoms with Crippen molar-refractivity contribution in [3.05, 3.63) is 34.9 Å². The second-order valence-electron chi connectivity index (χ2n) is 3.37. The number of rotatable bonds is 0. The molecule has 0 heterocycles. The number of aryl methyl sites for hydroxylation is 3. The van der Waals surface area contributed by atoms with Gasteiger partial charge in [0.15, 0.2) is 0 Å². The van der Waals surface area contributed by atoms with E-state index in [0.717, 1.165) is 0 Å². The predicted molar refractivity (Wildman–Crippen MR) is 72.5 cm³/mol. The largest absolute Gasteiger partial charge is 0.0590 e. The van der Waals surface area contributed by atoms with Crippen molar-refractivity contribution in [2.24, 2.45) is 0 Å². The van der Waals surface area contributed by atoms with E-state index in [1.54, 1.807) is 6.66 Å². The summed E-state index contributed by atoms with van der Waals surface area (Å²) in [7, 11) is 0. The Morgan fingerprint density at radius 1 is 0.929 bits per heavy atom. The summed E-state index contributed by atoms with van der Waals surface area (Å²) in [6, 6.07) is 6.50. The Morgan fingerprint density at radius 2 is 1.36 bits per heavy atom. The van der Waals surface area contributed by atoms with Gasteiger partial charge in [-0.1, -0.05) is 23.8 Å². The van der Waals surface area contributed by atoms with Crippen LogP contribution in [-0.2, 0) is 0 Å². The predicted octanol–water partition coefficient (Wildman–Crippen LogP) is 5.44. The number of benzene rings is 1. The van der Waals surface area contributed by atoms with Gasteiger partial charge in [-0.3, -0.25) is 0 Å². The molecule has 0 unspecified atom stereocenters. The SMILES string of the molecule is C[PH](Cl)(Cl)Cl.Cc1ccc(C)c(C)c1. The topological polar surface area (TPSA) is 0 Å². The molecule has 0 radical (unpaired) electrons. The Hall–Kier alpha value is 0.520. The van der Waals surface area contributed by atoms with Gasteiger partial charge in [0.05, 0.1) is 0 Å². The minimum atomic E-state index is -2.19. The summed E-state index contributed by atoms with van der Waals surface area (Å²) in [5.41, 5.74) is 4.11. The van der Waals surface area contributed by atoms with Crippen molar-refractivity contribution in [1.29, 1.82) is 0 Å². The van der Waals surface area contributed by atoms with Crippen LogP contribution in [-0.4, -0.2) is 6.66 Å². The summed E-state index contributed by atoms with van der Waals surface area (Å²) in [6.07, 6.45) is 0. The van der Waals surface area contributed by atoms with E-state index in [4.69, 9.17) is 33.7 Å². The van der Waals surface area contributed by atoms with Crippen LogP contribution >= 0.6 is 39.0 Å². The van der Waals surface area contributed by atoms with Crippen LogP contribution in [0, 0.1) is 20.8 Å². The Labute approximate surface area is 101 Å². The standard InChI is InChI=1S/C9H12.CH4Cl3P/c1-7-4-5-8(2)9(3)6-7;1-5(2,3)4/h4-6H,1-3H3;5H,1H3. The number of halogens is 3. The van der Waals surface area contributed by atoms with Crippen molar-refractivity contribution in [1.82, 2.24) is 0 Å². The first kappa shape index (κ1) is 14.5. The van der Waals surface area contributed by atoms with Crippen LogP contribution in [0.25, 0.3) is 0 Å². The molecule has 0 nitrogen and oxygen atoms in total. The molecule has 1 aromatic rings. The fourth-order valence-corrected chi connectivity index (χ4v) is 0.891. The Morgan fingerprint density at radius 3 is 1.64 bits per heavy atom. The van der Waals surface area contributed by atoms with Gasteiger partial charge in [0.2, 0.25) is 0 Å². The molecule has 0 saturated heterocycles. The van der Waals surface area contributed by atoms with Crippen molar-refractivity contribution < 1.29 is 0 Å². The first-order valence-electron chi connectivity index (χ1n) is 4.30. The molecule has 0 aromatic heterocycles. The van der Waals surface area contributed by atoms with Crippen LogP contribution in [0.5, 0.6) is 0 Å². The van der Waals surface area contributed by atoms with Crippen LogP contribution in [0.2, 0.25) is 0 Å². The molecule has 4 heteroatoms. The van der Waals surface area contributed by atoms with Crippen molar-refractivity contribution in [2.45, 2.75) is 20.8 Å². The van der Waals surface area contributed by atoms with Crippen LogP contribution in [0.1, 0.15) is 16.7 Å². The number of hydrogen-bond acceptors (Lipinski definition) is 0. The molecule has 82 valence electrons. The molecule has 0 spiro atoms. The minimum Gasteiger partial charge on any atom is -0.0590 e. The van der Waals surface area contributed by atoms with E-state index in [9.17, 15) is 0 Å². The molecule has 0 amide bonds. The van der Waals surface area contributed by atoms with E-state index in [-0.39, 0.29) is 0 Å². The maximum atomic E-state index is 5.20. The quantitative estimate of drug-likeness (QED) is 0.552. The van der Waals surface area contributed by atoms with Crippen molar-refractivity contribution in [3.63, 3.8) is 0 Å². The van der Waals surface area contributed by atoms with Crippen LogP contribution < -0.4 is 0 Å². The molecule has 0 aliphatic rings. The zero-order valence-electron chi connectivity index (χ0n) is 8.87. The second-order valence-corrected chi connectivity index (χ2v) is 13.5. The molecule has 0 saturated carbocycles. The smallest absolute Gasteiger partial charge is 0.0395 e. The Kier molecular flexibility index (Phi) is 6.41. The maximum Gasteiger partial charge on any atom is -0.0395 e. The van der Waals surface area contributed by atoms with Crippen LogP contribution in [0.15, 0.2) is 18.2 Å². The van der Waals surface area contributed by atoms with E-state index in [1.165, 1.54) is 16.7 Å². The molecule has 0 aliphatic heterocycles. The average Bonchev–Trinajstić information content (AvgIpc) is 1.94. The fraction of sp³-hybridized carbons (Fsp3) is 0.400. The van der Waals surface area contributed by atoms with Gasteiger partial charge in [-0.15, -0.1) is 0 Å². The van der Waals surface area contributed by atoms with E-state index in [2.05, 4.69) is 39.0 Å². The maximum absolute atomic E-state index is 5.20. The summed E-state index contributed by atoms with van der Waals surface area (Å²) in [6.45, 7) is 8.02. The third kappa shape index (κ3) is 9.09. The molecule has 1 rings (SSSR count). The van der Waals surface area contributed by atoms with Gasteiger partial charge in [-0.2, -0.15) is 0 Å². The van der Waals surface area contributed by atoms with Gasteiger partial charge < -0.3 is 0 Å². The van der Waals surface area contributed by atoms with Crippen molar-refractivity contribution >= 4 is 39.0 Å². The molecule has 0 bridgehead atoms. The molecule has 14 heavy (non-hydrogen) atoms. The summed E-state index contributed by atoms with van der Waals surface area (Å²) in [5.74, 6) is 0. The molecular weight excluding hydrogens is 257 g/mol. The Balaban J connectivity index is 0.000000292. The van der Waals surface area contributed by atoms with Gasteiger partial charge in [0, 0.05) is 0 Å². The minimum absolute atomic E-state index is 1.35. The van der Waals surface area contributed by atoms with Gasteiger partial charge >= 0.3 is 45.7 Å². The molecule has 0 aliphatic carbocycles. The zero-order valence-corrected chi connectivity index (χ0v) is 12.1. The van der Waals surface area contributed by atoms with E-state index in [1.807, 2.05) is 0 Å². The number of hydrogen-bond donors (Lipinski definition) is 0. The van der Waals surface area contributed by atoms with Gasteiger partial charge in [0.25, 0.3) is 0 Å². The third-order valence-electron chi connectivity index (χ3n) is 1.66. The van der Waals surface area contributed by atoms with Crippen LogP contribution in [0.4, 0.5) is 0 Å². The first-order chi connectivity index (χ1) is 6.20. The van der Waals surface area contributed by atoms with Crippen LogP contribution in [0.3, 0.4) is 0 Å². The summed E-state index contributed by atoms with van der Waals surface area (Å²) >= 11 is 15.6.